The summed E-state index contributed by atoms with van der Waals surface area (Å²) >= 11 is 2.69. The Bertz CT molecular complexity index is 1490. The number of ether oxygens (including phenoxy) is 3. The average Bonchev–Trinajstić information content (AvgIpc) is 3.53. The minimum absolute atomic E-state index is 0.0634. The molecule has 1 aliphatic rings. The molecule has 212 valence electrons. The fourth-order valence-electron chi connectivity index (χ4n) is 4.41. The highest BCUT2D eigenvalue weighted by Crippen LogP contribution is 2.42. The number of dihydropyridines is 1. The van der Waals surface area contributed by atoms with E-state index in [2.05, 4.69) is 22.0 Å². The van der Waals surface area contributed by atoms with Gasteiger partial charge in [0.15, 0.2) is 11.5 Å². The van der Waals surface area contributed by atoms with E-state index in [9.17, 15) is 14.9 Å². The van der Waals surface area contributed by atoms with Gasteiger partial charge in [-0.05, 0) is 48.2 Å². The maximum Gasteiger partial charge on any atom is 0.254 e. The smallest absolute Gasteiger partial charge is 0.254 e. The summed E-state index contributed by atoms with van der Waals surface area (Å²) in [5.74, 6) is 0.449. The topological polar surface area (TPSA) is 122 Å². The number of para-hydroxylation sites is 1. The molecule has 0 fully saturated rings. The van der Waals surface area contributed by atoms with Gasteiger partial charge < -0.3 is 30.2 Å². The number of carbonyl (C=O) groups is 2. The summed E-state index contributed by atoms with van der Waals surface area (Å²) in [4.78, 5) is 27.1. The van der Waals surface area contributed by atoms with Crippen LogP contribution in [0.1, 0.15) is 23.3 Å². The zero-order chi connectivity index (χ0) is 29.4. The first kappa shape index (κ1) is 29.6. The van der Waals surface area contributed by atoms with Crippen molar-refractivity contribution in [2.75, 3.05) is 32.4 Å². The number of benzene rings is 2. The Labute approximate surface area is 247 Å². The van der Waals surface area contributed by atoms with E-state index in [4.69, 9.17) is 14.2 Å². The third-order valence-corrected chi connectivity index (χ3v) is 8.27. The second-order valence-corrected chi connectivity index (χ2v) is 10.9. The Balaban J connectivity index is 1.50. The minimum atomic E-state index is -0.560. The second kappa shape index (κ2) is 13.8. The molecule has 0 saturated heterocycles. The molecule has 0 bridgehead atoms. The van der Waals surface area contributed by atoms with E-state index >= 15 is 0 Å². The molecular formula is C30H30N4O5S2. The van der Waals surface area contributed by atoms with Gasteiger partial charge in [-0.1, -0.05) is 36.0 Å². The van der Waals surface area contributed by atoms with Crippen molar-refractivity contribution in [3.8, 4) is 23.3 Å². The molecule has 2 aromatic carbocycles. The fraction of sp³-hybridized carbons (Fsp3) is 0.233. The second-order valence-electron chi connectivity index (χ2n) is 8.89. The first-order valence-electron chi connectivity index (χ1n) is 12.6. The van der Waals surface area contributed by atoms with Gasteiger partial charge in [0.1, 0.15) is 0 Å². The number of methoxy groups -OCH3 is 3. The molecule has 3 N–H and O–H groups in total. The molecule has 0 spiro atoms. The Kier molecular flexibility index (Phi) is 9.95. The monoisotopic (exact) mass is 590 g/mol. The lowest BCUT2D eigenvalue weighted by Crippen LogP contribution is -2.31. The lowest BCUT2D eigenvalue weighted by Gasteiger charge is -2.29. The molecule has 1 aliphatic heterocycles. The van der Waals surface area contributed by atoms with Gasteiger partial charge >= 0.3 is 0 Å². The number of carbonyl (C=O) groups excluding carboxylic acids is 2. The largest absolute Gasteiger partial charge is 0.493 e. The molecule has 2 heterocycles. The van der Waals surface area contributed by atoms with Crippen molar-refractivity contribution < 1.29 is 23.8 Å². The Morgan fingerprint density at radius 3 is 2.34 bits per heavy atom. The molecular weight excluding hydrogens is 560 g/mol. The molecule has 41 heavy (non-hydrogen) atoms. The molecule has 0 radical (unpaired) electrons. The number of thiophene rings is 1. The lowest BCUT2D eigenvalue weighted by atomic mass is 9.86. The van der Waals surface area contributed by atoms with Crippen molar-refractivity contribution in [1.82, 2.24) is 10.6 Å². The standard InChI is InChI=1S/C30H30N4O5S2/c1-18-26(29(36)34-20-9-6-5-7-10-20)27(24-11-8-12-40-24)21(15-31)30(33-18)41-17-25(35)32-16-19-13-22(37-2)28(39-4)23(14-19)38-3/h5-14,27,33H,16-17H2,1-4H3,(H,32,35)(H,34,36). The Morgan fingerprint density at radius 2 is 1.76 bits per heavy atom. The van der Waals surface area contributed by atoms with Crippen LogP contribution < -0.4 is 30.2 Å². The SMILES string of the molecule is COc1cc(CNC(=O)CSC2=C(C#N)C(c3cccs3)C(C(=O)Nc3ccccc3)=C(C)N2)cc(OC)c1OC. The quantitative estimate of drug-likeness (QED) is 0.280. The maximum absolute atomic E-state index is 13.4. The average molecular weight is 591 g/mol. The van der Waals surface area contributed by atoms with Crippen LogP contribution in [0.25, 0.3) is 0 Å². The van der Waals surface area contributed by atoms with Crippen LogP contribution in [-0.4, -0.2) is 38.9 Å². The molecule has 9 nitrogen and oxygen atoms in total. The number of amides is 2. The molecule has 1 unspecified atom stereocenters. The summed E-state index contributed by atoms with van der Waals surface area (Å²) < 4.78 is 16.1. The maximum atomic E-state index is 13.4. The van der Waals surface area contributed by atoms with Crippen molar-refractivity contribution in [3.63, 3.8) is 0 Å². The van der Waals surface area contributed by atoms with E-state index in [0.717, 1.165) is 10.4 Å². The molecule has 11 heteroatoms. The zero-order valence-corrected chi connectivity index (χ0v) is 24.7. The van der Waals surface area contributed by atoms with E-state index in [0.29, 0.717) is 44.8 Å². The number of nitrogens with zero attached hydrogens (tertiary/aromatic N) is 1. The van der Waals surface area contributed by atoms with Gasteiger partial charge in [0.2, 0.25) is 11.7 Å². The van der Waals surface area contributed by atoms with Crippen LogP contribution in [0.5, 0.6) is 17.2 Å². The minimum Gasteiger partial charge on any atom is -0.493 e. The summed E-state index contributed by atoms with van der Waals surface area (Å²) in [6, 6.07) is 18.8. The number of hydrogen-bond donors (Lipinski definition) is 3. The van der Waals surface area contributed by atoms with Crippen LogP contribution in [-0.2, 0) is 16.1 Å². The first-order valence-corrected chi connectivity index (χ1v) is 14.5. The first-order chi connectivity index (χ1) is 19.9. The van der Waals surface area contributed by atoms with Crippen LogP contribution >= 0.6 is 23.1 Å². The molecule has 0 aliphatic carbocycles. The van der Waals surface area contributed by atoms with Gasteiger partial charge in [0.05, 0.1) is 49.7 Å². The van der Waals surface area contributed by atoms with Crippen LogP contribution in [0.15, 0.2) is 81.8 Å². The van der Waals surface area contributed by atoms with E-state index in [1.54, 1.807) is 19.1 Å². The normalized spacial score (nSPS) is 14.6. The number of allylic oxidation sites excluding steroid dienone is 2. The Hall–Kier alpha value is -4.40. The summed E-state index contributed by atoms with van der Waals surface area (Å²) in [5.41, 5.74) is 2.91. The van der Waals surface area contributed by atoms with E-state index in [1.807, 2.05) is 47.8 Å². The fourth-order valence-corrected chi connectivity index (χ4v) is 6.18. The van der Waals surface area contributed by atoms with Gasteiger partial charge in [-0.3, -0.25) is 9.59 Å². The molecule has 2 amide bonds. The van der Waals surface area contributed by atoms with Crippen LogP contribution in [0.2, 0.25) is 0 Å². The number of nitrogens with one attached hydrogen (secondary N) is 3. The van der Waals surface area contributed by atoms with Gasteiger partial charge in [-0.2, -0.15) is 5.26 Å². The van der Waals surface area contributed by atoms with Crippen molar-refractivity contribution in [3.05, 3.63) is 92.3 Å². The molecule has 4 rings (SSSR count). The van der Waals surface area contributed by atoms with E-state index in [-0.39, 0.29) is 24.1 Å². The summed E-state index contributed by atoms with van der Waals surface area (Å²) in [6.45, 7) is 2.05. The molecule has 3 aromatic rings. The highest BCUT2D eigenvalue weighted by atomic mass is 32.2. The summed E-state index contributed by atoms with van der Waals surface area (Å²) in [7, 11) is 4.59. The third-order valence-electron chi connectivity index (χ3n) is 6.31. The zero-order valence-electron chi connectivity index (χ0n) is 23.1. The van der Waals surface area contributed by atoms with Gasteiger partial charge in [0, 0.05) is 28.4 Å². The summed E-state index contributed by atoms with van der Waals surface area (Å²) in [5, 5.41) is 21.7. The van der Waals surface area contributed by atoms with Crippen molar-refractivity contribution >= 4 is 40.6 Å². The molecule has 1 atom stereocenters. The molecule has 0 saturated carbocycles. The van der Waals surface area contributed by atoms with Gasteiger partial charge in [-0.25, -0.2) is 0 Å². The van der Waals surface area contributed by atoms with Crippen LogP contribution in [0.4, 0.5) is 5.69 Å². The molecule has 1 aromatic heterocycles. The van der Waals surface area contributed by atoms with E-state index in [1.165, 1.54) is 44.4 Å². The van der Waals surface area contributed by atoms with Crippen LogP contribution in [0, 0.1) is 11.3 Å². The highest BCUT2D eigenvalue weighted by molar-refractivity contribution is 8.03. The van der Waals surface area contributed by atoms with Gasteiger partial charge in [-0.15, -0.1) is 11.3 Å². The Morgan fingerprint density at radius 1 is 1.05 bits per heavy atom. The number of nitriles is 1. The van der Waals surface area contributed by atoms with Gasteiger partial charge in [0.25, 0.3) is 5.91 Å². The lowest BCUT2D eigenvalue weighted by molar-refractivity contribution is -0.118. The number of thioether (sulfide) groups is 1. The van der Waals surface area contributed by atoms with Crippen LogP contribution in [0.3, 0.4) is 0 Å². The van der Waals surface area contributed by atoms with E-state index < -0.39 is 5.92 Å². The number of hydrogen-bond acceptors (Lipinski definition) is 9. The summed E-state index contributed by atoms with van der Waals surface area (Å²) in [6.07, 6.45) is 0. The predicted octanol–water partition coefficient (Wildman–Crippen LogP) is 5.16. The highest BCUT2D eigenvalue weighted by Gasteiger charge is 2.35. The predicted molar refractivity (Wildman–Crippen MR) is 161 cm³/mol. The number of rotatable bonds is 11. The van der Waals surface area contributed by atoms with Crippen molar-refractivity contribution in [2.24, 2.45) is 0 Å². The van der Waals surface area contributed by atoms with Crippen molar-refractivity contribution in [1.29, 1.82) is 5.26 Å². The third kappa shape index (κ3) is 6.85. The van der Waals surface area contributed by atoms with Crippen molar-refractivity contribution in [2.45, 2.75) is 19.4 Å². The number of anilines is 1.